The highest BCUT2D eigenvalue weighted by atomic mass is 16.3. The van der Waals surface area contributed by atoms with Gasteiger partial charge in [0.25, 0.3) is 0 Å². The quantitative estimate of drug-likeness (QED) is 0.536. The molecule has 0 bridgehead atoms. The van der Waals surface area contributed by atoms with Crippen molar-refractivity contribution in [2.45, 2.75) is 31.7 Å². The molecule has 1 fully saturated rings. The Morgan fingerprint density at radius 2 is 2.07 bits per heavy atom. The standard InChI is InChI=1S/C11H25N3O/c1-2-14-7-4-11(10-12,5-8-14)13-6-3-9-15/h13,15H,2-10,12H2,1H3. The molecule has 0 amide bonds. The Hall–Kier alpha value is -0.160. The molecule has 4 heteroatoms. The summed E-state index contributed by atoms with van der Waals surface area (Å²) in [5.41, 5.74) is 5.99. The summed E-state index contributed by atoms with van der Waals surface area (Å²) in [6.07, 6.45) is 3.07. The van der Waals surface area contributed by atoms with Gasteiger partial charge in [0, 0.05) is 18.7 Å². The van der Waals surface area contributed by atoms with Crippen LogP contribution in [0.3, 0.4) is 0 Å². The summed E-state index contributed by atoms with van der Waals surface area (Å²) in [7, 11) is 0. The van der Waals surface area contributed by atoms with Crippen LogP contribution in [0.15, 0.2) is 0 Å². The van der Waals surface area contributed by atoms with E-state index in [2.05, 4.69) is 17.1 Å². The maximum Gasteiger partial charge on any atom is 0.0443 e. The van der Waals surface area contributed by atoms with Crippen LogP contribution >= 0.6 is 0 Å². The first-order chi connectivity index (χ1) is 7.26. The summed E-state index contributed by atoms with van der Waals surface area (Å²) in [5.74, 6) is 0. The minimum Gasteiger partial charge on any atom is -0.396 e. The minimum atomic E-state index is 0.126. The van der Waals surface area contributed by atoms with Gasteiger partial charge in [-0.15, -0.1) is 0 Å². The topological polar surface area (TPSA) is 61.5 Å². The van der Waals surface area contributed by atoms with E-state index in [-0.39, 0.29) is 12.1 Å². The van der Waals surface area contributed by atoms with E-state index in [9.17, 15) is 0 Å². The van der Waals surface area contributed by atoms with Crippen molar-refractivity contribution in [3.63, 3.8) is 0 Å². The van der Waals surface area contributed by atoms with Crippen LogP contribution in [0.5, 0.6) is 0 Å². The molecule has 0 aliphatic carbocycles. The summed E-state index contributed by atoms with van der Waals surface area (Å²) in [6.45, 7) is 7.45. The van der Waals surface area contributed by atoms with Crippen LogP contribution in [0.4, 0.5) is 0 Å². The molecule has 4 N–H and O–H groups in total. The molecule has 1 rings (SSSR count). The number of piperidine rings is 1. The Kier molecular flexibility index (Phi) is 5.53. The smallest absolute Gasteiger partial charge is 0.0443 e. The highest BCUT2D eigenvalue weighted by Gasteiger charge is 2.31. The summed E-state index contributed by atoms with van der Waals surface area (Å²) in [4.78, 5) is 2.46. The third-order valence-corrected chi connectivity index (χ3v) is 3.49. The lowest BCUT2D eigenvalue weighted by molar-refractivity contribution is 0.142. The van der Waals surface area contributed by atoms with Crippen molar-refractivity contribution in [2.24, 2.45) is 5.73 Å². The highest BCUT2D eigenvalue weighted by molar-refractivity contribution is 4.93. The number of rotatable bonds is 6. The Morgan fingerprint density at radius 1 is 1.40 bits per heavy atom. The fourth-order valence-corrected chi connectivity index (χ4v) is 2.18. The Morgan fingerprint density at radius 3 is 2.53 bits per heavy atom. The van der Waals surface area contributed by atoms with Gasteiger partial charge in [0.05, 0.1) is 0 Å². The molecule has 1 aliphatic heterocycles. The molecule has 1 heterocycles. The van der Waals surface area contributed by atoms with Crippen LogP contribution < -0.4 is 11.1 Å². The van der Waals surface area contributed by atoms with Crippen LogP contribution in [0.1, 0.15) is 26.2 Å². The molecule has 4 nitrogen and oxygen atoms in total. The average molecular weight is 215 g/mol. The number of nitrogens with zero attached hydrogens (tertiary/aromatic N) is 1. The van der Waals surface area contributed by atoms with Crippen LogP contribution in [0.2, 0.25) is 0 Å². The first-order valence-corrected chi connectivity index (χ1v) is 6.04. The molecule has 0 aromatic heterocycles. The van der Waals surface area contributed by atoms with Crippen molar-refractivity contribution in [3.05, 3.63) is 0 Å². The zero-order valence-corrected chi connectivity index (χ0v) is 9.84. The lowest BCUT2D eigenvalue weighted by Crippen LogP contribution is -2.57. The predicted octanol–water partition coefficient (Wildman–Crippen LogP) is -0.228. The zero-order valence-electron chi connectivity index (χ0n) is 9.84. The predicted molar refractivity (Wildman–Crippen MR) is 62.8 cm³/mol. The van der Waals surface area contributed by atoms with Crippen LogP contribution in [0, 0.1) is 0 Å². The lowest BCUT2D eigenvalue weighted by atomic mass is 9.87. The number of likely N-dealkylation sites (tertiary alicyclic amines) is 1. The van der Waals surface area contributed by atoms with E-state index in [0.717, 1.165) is 45.4 Å². The Bertz CT molecular complexity index is 162. The first kappa shape index (κ1) is 12.9. The van der Waals surface area contributed by atoms with E-state index in [4.69, 9.17) is 10.8 Å². The summed E-state index contributed by atoms with van der Waals surface area (Å²) in [6, 6.07) is 0. The maximum atomic E-state index is 8.75. The first-order valence-electron chi connectivity index (χ1n) is 6.04. The largest absolute Gasteiger partial charge is 0.396 e. The number of aliphatic hydroxyl groups is 1. The third kappa shape index (κ3) is 3.72. The van der Waals surface area contributed by atoms with Gasteiger partial charge in [0.15, 0.2) is 0 Å². The van der Waals surface area contributed by atoms with Crippen molar-refractivity contribution >= 4 is 0 Å². The molecule has 0 aromatic rings. The van der Waals surface area contributed by atoms with E-state index < -0.39 is 0 Å². The van der Waals surface area contributed by atoms with Gasteiger partial charge in [0.1, 0.15) is 0 Å². The van der Waals surface area contributed by atoms with Crippen molar-refractivity contribution < 1.29 is 5.11 Å². The van der Waals surface area contributed by atoms with Gasteiger partial charge in [-0.1, -0.05) is 6.92 Å². The summed E-state index contributed by atoms with van der Waals surface area (Å²) >= 11 is 0. The number of hydrogen-bond donors (Lipinski definition) is 3. The van der Waals surface area contributed by atoms with Gasteiger partial charge in [-0.2, -0.15) is 0 Å². The molecular weight excluding hydrogens is 190 g/mol. The van der Waals surface area contributed by atoms with Crippen molar-refractivity contribution in [1.29, 1.82) is 0 Å². The molecule has 0 radical (unpaired) electrons. The summed E-state index contributed by atoms with van der Waals surface area (Å²) in [5, 5.41) is 12.3. The van der Waals surface area contributed by atoms with E-state index >= 15 is 0 Å². The maximum absolute atomic E-state index is 8.75. The van der Waals surface area contributed by atoms with E-state index in [1.807, 2.05) is 0 Å². The van der Waals surface area contributed by atoms with E-state index in [1.54, 1.807) is 0 Å². The van der Waals surface area contributed by atoms with E-state index in [1.165, 1.54) is 0 Å². The molecule has 0 spiro atoms. The Balaban J connectivity index is 2.34. The van der Waals surface area contributed by atoms with Crippen molar-refractivity contribution in [2.75, 3.05) is 39.3 Å². The minimum absolute atomic E-state index is 0.126. The van der Waals surface area contributed by atoms with Crippen LogP contribution in [-0.4, -0.2) is 54.9 Å². The Labute approximate surface area is 92.8 Å². The van der Waals surface area contributed by atoms with Gasteiger partial charge >= 0.3 is 0 Å². The van der Waals surface area contributed by atoms with Gasteiger partial charge < -0.3 is 21.1 Å². The molecule has 90 valence electrons. The number of nitrogens with two attached hydrogens (primary N) is 1. The molecule has 0 aromatic carbocycles. The van der Waals surface area contributed by atoms with Gasteiger partial charge in [-0.05, 0) is 45.4 Å². The normalized spacial score (nSPS) is 21.8. The van der Waals surface area contributed by atoms with Gasteiger partial charge in [-0.25, -0.2) is 0 Å². The summed E-state index contributed by atoms with van der Waals surface area (Å²) < 4.78 is 0. The molecule has 0 unspecified atom stereocenters. The second kappa shape index (κ2) is 6.43. The SMILES string of the molecule is CCN1CCC(CN)(NCCCO)CC1. The second-order valence-electron chi connectivity index (χ2n) is 4.42. The molecule has 1 saturated heterocycles. The number of nitrogens with one attached hydrogen (secondary N) is 1. The average Bonchev–Trinajstić information content (AvgIpc) is 2.30. The lowest BCUT2D eigenvalue weighted by Gasteiger charge is -2.41. The fourth-order valence-electron chi connectivity index (χ4n) is 2.18. The fraction of sp³-hybridized carbons (Fsp3) is 1.00. The van der Waals surface area contributed by atoms with Crippen LogP contribution in [-0.2, 0) is 0 Å². The van der Waals surface area contributed by atoms with Gasteiger partial charge in [-0.3, -0.25) is 0 Å². The molecule has 1 aliphatic rings. The van der Waals surface area contributed by atoms with E-state index in [0.29, 0.717) is 6.54 Å². The molecule has 15 heavy (non-hydrogen) atoms. The molecule has 0 atom stereocenters. The number of aliphatic hydroxyl groups excluding tert-OH is 1. The van der Waals surface area contributed by atoms with Gasteiger partial charge in [0.2, 0.25) is 0 Å². The monoisotopic (exact) mass is 215 g/mol. The van der Waals surface area contributed by atoms with Crippen molar-refractivity contribution in [1.82, 2.24) is 10.2 Å². The molecule has 0 saturated carbocycles. The third-order valence-electron chi connectivity index (χ3n) is 3.49. The molecular formula is C11H25N3O. The zero-order chi connectivity index (χ0) is 11.1. The number of hydrogen-bond acceptors (Lipinski definition) is 4. The van der Waals surface area contributed by atoms with Crippen LogP contribution in [0.25, 0.3) is 0 Å². The van der Waals surface area contributed by atoms with Crippen molar-refractivity contribution in [3.8, 4) is 0 Å². The second-order valence-corrected chi connectivity index (χ2v) is 4.42. The highest BCUT2D eigenvalue weighted by Crippen LogP contribution is 2.20.